The molecule has 0 atom stereocenters. The van der Waals surface area contributed by atoms with Crippen LogP contribution in [0.4, 0.5) is 0 Å². The van der Waals surface area contributed by atoms with Gasteiger partial charge in [-0.2, -0.15) is 9.50 Å². The number of ether oxygens (including phenoxy) is 1. The van der Waals surface area contributed by atoms with Gasteiger partial charge < -0.3 is 4.74 Å². The van der Waals surface area contributed by atoms with Gasteiger partial charge in [0.25, 0.3) is 5.56 Å². The van der Waals surface area contributed by atoms with Crippen LogP contribution in [0.15, 0.2) is 83.9 Å². The van der Waals surface area contributed by atoms with Crippen molar-refractivity contribution in [2.75, 3.05) is 0 Å². The first kappa shape index (κ1) is 17.3. The molecule has 0 spiro atoms. The Morgan fingerprint density at radius 1 is 0.966 bits per heavy atom. The van der Waals surface area contributed by atoms with Crippen LogP contribution in [0.5, 0.6) is 11.5 Å². The molecule has 0 radical (unpaired) electrons. The summed E-state index contributed by atoms with van der Waals surface area (Å²) in [5.74, 6) is 1.96. The van der Waals surface area contributed by atoms with E-state index in [1.165, 1.54) is 15.9 Å². The summed E-state index contributed by atoms with van der Waals surface area (Å²) < 4.78 is 7.77. The van der Waals surface area contributed by atoms with Crippen LogP contribution in [-0.2, 0) is 0 Å². The van der Waals surface area contributed by atoms with E-state index in [0.29, 0.717) is 21.1 Å². The fraction of sp³-hybridized carbons (Fsp3) is 0. The van der Waals surface area contributed by atoms with E-state index < -0.39 is 0 Å². The van der Waals surface area contributed by atoms with Gasteiger partial charge >= 0.3 is 0 Å². The zero-order valence-corrected chi connectivity index (χ0v) is 15.9. The molecule has 0 amide bonds. The number of thiazole rings is 1. The Morgan fingerprint density at radius 3 is 2.62 bits per heavy atom. The molecule has 0 aliphatic heterocycles. The third kappa shape index (κ3) is 3.51. The zero-order valence-electron chi connectivity index (χ0n) is 15.1. The summed E-state index contributed by atoms with van der Waals surface area (Å²) in [7, 11) is 0. The molecule has 3 aromatic heterocycles. The van der Waals surface area contributed by atoms with Crippen molar-refractivity contribution >= 4 is 22.4 Å². The molecule has 0 bridgehead atoms. The van der Waals surface area contributed by atoms with Gasteiger partial charge in [0.2, 0.25) is 4.96 Å². The van der Waals surface area contributed by atoms with Gasteiger partial charge in [-0.25, -0.2) is 0 Å². The Morgan fingerprint density at radius 2 is 1.83 bits per heavy atom. The molecule has 0 saturated carbocycles. The van der Waals surface area contributed by atoms with Crippen LogP contribution in [-0.4, -0.2) is 19.6 Å². The molecule has 29 heavy (non-hydrogen) atoms. The van der Waals surface area contributed by atoms with E-state index >= 15 is 0 Å². The summed E-state index contributed by atoms with van der Waals surface area (Å²) in [6, 6.07) is 20.8. The Bertz CT molecular complexity index is 1400. The van der Waals surface area contributed by atoms with Crippen molar-refractivity contribution in [2.45, 2.75) is 0 Å². The molecular formula is C22H14N4O2S. The Balaban J connectivity index is 1.49. The zero-order chi connectivity index (χ0) is 19.6. The Kier molecular flexibility index (Phi) is 4.34. The highest BCUT2D eigenvalue weighted by atomic mass is 32.1. The molecule has 0 N–H and O–H groups in total. The van der Waals surface area contributed by atoms with Crippen molar-refractivity contribution < 1.29 is 4.74 Å². The first-order valence-electron chi connectivity index (χ1n) is 8.91. The first-order valence-corrected chi connectivity index (χ1v) is 9.72. The van der Waals surface area contributed by atoms with Gasteiger partial charge in [-0.15, -0.1) is 5.10 Å². The molecule has 5 aromatic rings. The minimum Gasteiger partial charge on any atom is -0.457 e. The lowest BCUT2D eigenvalue weighted by molar-refractivity contribution is 0.482. The van der Waals surface area contributed by atoms with E-state index in [-0.39, 0.29) is 5.56 Å². The molecule has 5 rings (SSSR count). The standard InChI is InChI=1S/C22H14N4O2S/c27-21-19(29-22-24-20(25-26(21)22)16-7-5-11-23-14-16)13-15-6-4-10-18(12-15)28-17-8-2-1-3-9-17/h1-14H. The number of pyridine rings is 1. The van der Waals surface area contributed by atoms with Crippen molar-refractivity contribution in [3.05, 3.63) is 99.6 Å². The predicted octanol–water partition coefficient (Wildman–Crippen LogP) is 3.55. The highest BCUT2D eigenvalue weighted by molar-refractivity contribution is 7.15. The monoisotopic (exact) mass is 398 g/mol. The lowest BCUT2D eigenvalue weighted by atomic mass is 10.2. The third-order valence-corrected chi connectivity index (χ3v) is 5.20. The second-order valence-corrected chi connectivity index (χ2v) is 7.28. The summed E-state index contributed by atoms with van der Waals surface area (Å²) >= 11 is 1.30. The molecule has 0 aliphatic carbocycles. The summed E-state index contributed by atoms with van der Waals surface area (Å²) in [5, 5.41) is 4.34. The van der Waals surface area contributed by atoms with Crippen LogP contribution < -0.4 is 14.8 Å². The van der Waals surface area contributed by atoms with E-state index in [0.717, 1.165) is 16.9 Å². The lowest BCUT2D eigenvalue weighted by Crippen LogP contribution is -2.23. The molecule has 2 aromatic carbocycles. The number of aromatic nitrogens is 4. The summed E-state index contributed by atoms with van der Waals surface area (Å²) in [6.45, 7) is 0. The first-order chi connectivity index (χ1) is 14.3. The number of hydrogen-bond acceptors (Lipinski definition) is 6. The van der Waals surface area contributed by atoms with E-state index in [4.69, 9.17) is 4.74 Å². The second-order valence-electron chi connectivity index (χ2n) is 6.27. The summed E-state index contributed by atoms with van der Waals surface area (Å²) in [5.41, 5.74) is 1.45. The number of benzene rings is 2. The van der Waals surface area contributed by atoms with Crippen molar-refractivity contribution in [1.29, 1.82) is 0 Å². The maximum atomic E-state index is 12.7. The van der Waals surface area contributed by atoms with Crippen LogP contribution >= 0.6 is 11.3 Å². The van der Waals surface area contributed by atoms with Crippen LogP contribution in [0.2, 0.25) is 0 Å². The summed E-state index contributed by atoms with van der Waals surface area (Å²) in [6.07, 6.45) is 5.18. The number of hydrogen-bond donors (Lipinski definition) is 0. The summed E-state index contributed by atoms with van der Waals surface area (Å²) in [4.78, 5) is 21.8. The van der Waals surface area contributed by atoms with Crippen molar-refractivity contribution in [3.8, 4) is 22.9 Å². The van der Waals surface area contributed by atoms with Crippen molar-refractivity contribution in [2.24, 2.45) is 0 Å². The SMILES string of the molecule is O=c1c(=Cc2cccc(Oc3ccccc3)c2)sc2nc(-c3cccnc3)nn12. The van der Waals surface area contributed by atoms with Crippen LogP contribution in [0.1, 0.15) is 5.56 Å². The second kappa shape index (κ2) is 7.29. The van der Waals surface area contributed by atoms with Gasteiger partial charge in [0, 0.05) is 18.0 Å². The molecule has 3 heterocycles. The maximum Gasteiger partial charge on any atom is 0.291 e. The molecular weight excluding hydrogens is 384 g/mol. The highest BCUT2D eigenvalue weighted by Gasteiger charge is 2.12. The lowest BCUT2D eigenvalue weighted by Gasteiger charge is -2.05. The largest absolute Gasteiger partial charge is 0.457 e. The topological polar surface area (TPSA) is 69.4 Å². The van der Waals surface area contributed by atoms with Gasteiger partial charge in [-0.3, -0.25) is 9.78 Å². The molecule has 0 aliphatic rings. The van der Waals surface area contributed by atoms with Gasteiger partial charge in [0.05, 0.1) is 4.53 Å². The number of para-hydroxylation sites is 1. The van der Waals surface area contributed by atoms with E-state index in [1.807, 2.05) is 72.8 Å². The quantitative estimate of drug-likeness (QED) is 0.463. The molecule has 0 unspecified atom stereocenters. The molecule has 0 fully saturated rings. The van der Waals surface area contributed by atoms with Crippen molar-refractivity contribution in [3.63, 3.8) is 0 Å². The minimum atomic E-state index is -0.193. The number of rotatable bonds is 4. The van der Waals surface area contributed by atoms with E-state index in [2.05, 4.69) is 15.1 Å². The number of nitrogens with zero attached hydrogens (tertiary/aromatic N) is 4. The fourth-order valence-electron chi connectivity index (χ4n) is 2.89. The van der Waals surface area contributed by atoms with Gasteiger partial charge in [-0.1, -0.05) is 41.7 Å². The molecule has 0 saturated heterocycles. The number of fused-ring (bicyclic) bond motifs is 1. The smallest absolute Gasteiger partial charge is 0.291 e. The van der Waals surface area contributed by atoms with E-state index in [1.54, 1.807) is 12.4 Å². The average molecular weight is 398 g/mol. The fourth-order valence-corrected chi connectivity index (χ4v) is 3.80. The molecule has 140 valence electrons. The van der Waals surface area contributed by atoms with Crippen LogP contribution in [0.25, 0.3) is 22.4 Å². The normalized spacial score (nSPS) is 11.8. The minimum absolute atomic E-state index is 0.193. The molecule has 6 nitrogen and oxygen atoms in total. The Labute approximate surface area is 169 Å². The average Bonchev–Trinajstić information content (AvgIpc) is 3.29. The molecule has 7 heteroatoms. The van der Waals surface area contributed by atoms with Crippen LogP contribution in [0.3, 0.4) is 0 Å². The predicted molar refractivity (Wildman–Crippen MR) is 112 cm³/mol. The van der Waals surface area contributed by atoms with Crippen LogP contribution in [0, 0.1) is 0 Å². The Hall–Kier alpha value is -3.84. The van der Waals surface area contributed by atoms with Gasteiger partial charge in [0.1, 0.15) is 11.5 Å². The van der Waals surface area contributed by atoms with Gasteiger partial charge in [0.15, 0.2) is 5.82 Å². The van der Waals surface area contributed by atoms with Gasteiger partial charge in [-0.05, 0) is 48.0 Å². The van der Waals surface area contributed by atoms with Crippen molar-refractivity contribution in [1.82, 2.24) is 19.6 Å². The maximum absolute atomic E-state index is 12.7. The van der Waals surface area contributed by atoms with E-state index in [9.17, 15) is 4.79 Å². The third-order valence-electron chi connectivity index (χ3n) is 4.24. The highest BCUT2D eigenvalue weighted by Crippen LogP contribution is 2.22.